The predicted molar refractivity (Wildman–Crippen MR) is 97.7 cm³/mol. The maximum atomic E-state index is 12.4. The molecule has 0 heterocycles. The minimum Gasteiger partial charge on any atom is -0.497 e. The van der Waals surface area contributed by atoms with Crippen molar-refractivity contribution in [2.45, 2.75) is 19.4 Å². The molecule has 0 saturated carbocycles. The Bertz CT molecular complexity index is 748. The number of methoxy groups -OCH3 is 2. The Kier molecular flexibility index (Phi) is 6.60. The first-order valence-electron chi connectivity index (χ1n) is 8.21. The Balaban J connectivity index is 1.93. The number of nitrogens with zero attached hydrogens (tertiary/aromatic N) is 1. The van der Waals surface area contributed by atoms with Crippen LogP contribution in [0.15, 0.2) is 42.5 Å². The molecule has 0 radical (unpaired) electrons. The number of carboxylic acid groups (broad SMARTS) is 1. The summed E-state index contributed by atoms with van der Waals surface area (Å²) in [5, 5.41) is 8.92. The molecule has 138 valence electrons. The fraction of sp³-hybridized carbons (Fsp3) is 0.300. The van der Waals surface area contributed by atoms with Gasteiger partial charge in [0.25, 0.3) is 0 Å². The molecule has 0 atom stereocenters. The van der Waals surface area contributed by atoms with Gasteiger partial charge in [0, 0.05) is 26.1 Å². The van der Waals surface area contributed by atoms with Crippen LogP contribution in [-0.4, -0.2) is 43.2 Å². The van der Waals surface area contributed by atoms with Gasteiger partial charge >= 0.3 is 5.97 Å². The maximum Gasteiger partial charge on any atom is 0.335 e. The molecule has 0 unspecified atom stereocenters. The second-order valence-corrected chi connectivity index (χ2v) is 5.97. The van der Waals surface area contributed by atoms with Gasteiger partial charge in [-0.1, -0.05) is 12.1 Å². The fourth-order valence-corrected chi connectivity index (χ4v) is 2.57. The van der Waals surface area contributed by atoms with E-state index in [0.29, 0.717) is 30.9 Å². The van der Waals surface area contributed by atoms with E-state index in [1.165, 1.54) is 0 Å². The lowest BCUT2D eigenvalue weighted by Gasteiger charge is -2.17. The monoisotopic (exact) mass is 357 g/mol. The van der Waals surface area contributed by atoms with Gasteiger partial charge < -0.3 is 19.5 Å². The fourth-order valence-electron chi connectivity index (χ4n) is 2.57. The Morgan fingerprint density at radius 3 is 2.04 bits per heavy atom. The zero-order chi connectivity index (χ0) is 19.1. The highest BCUT2D eigenvalue weighted by atomic mass is 16.5. The van der Waals surface area contributed by atoms with Crippen LogP contribution in [0.25, 0.3) is 0 Å². The molecule has 6 nitrogen and oxygen atoms in total. The summed E-state index contributed by atoms with van der Waals surface area (Å²) in [7, 11) is 4.92. The van der Waals surface area contributed by atoms with Gasteiger partial charge in [-0.3, -0.25) is 4.79 Å². The van der Waals surface area contributed by atoms with E-state index in [0.717, 1.165) is 11.1 Å². The second kappa shape index (κ2) is 8.89. The van der Waals surface area contributed by atoms with Crippen molar-refractivity contribution in [2.75, 3.05) is 21.3 Å². The summed E-state index contributed by atoms with van der Waals surface area (Å²) in [6, 6.07) is 12.1. The number of rotatable bonds is 8. The quantitative estimate of drug-likeness (QED) is 0.786. The van der Waals surface area contributed by atoms with E-state index in [-0.39, 0.29) is 11.5 Å². The van der Waals surface area contributed by atoms with Gasteiger partial charge in [-0.25, -0.2) is 4.79 Å². The van der Waals surface area contributed by atoms with Gasteiger partial charge in [0.2, 0.25) is 5.91 Å². The Morgan fingerprint density at radius 1 is 0.962 bits per heavy atom. The minimum atomic E-state index is -0.963. The van der Waals surface area contributed by atoms with Crippen LogP contribution in [0.5, 0.6) is 11.5 Å². The minimum absolute atomic E-state index is 0.00842. The summed E-state index contributed by atoms with van der Waals surface area (Å²) in [6.45, 7) is 0.431. The molecule has 1 N–H and O–H groups in total. The van der Waals surface area contributed by atoms with Gasteiger partial charge in [-0.15, -0.1) is 0 Å². The number of carbonyl (C=O) groups excluding carboxylic acids is 1. The van der Waals surface area contributed by atoms with Gasteiger partial charge in [-0.05, 0) is 41.8 Å². The average Bonchev–Trinajstić information content (AvgIpc) is 2.66. The summed E-state index contributed by atoms with van der Waals surface area (Å²) in [5.74, 6) is 0.432. The molecule has 0 aromatic heterocycles. The number of hydrogen-bond donors (Lipinski definition) is 1. The summed E-state index contributed by atoms with van der Waals surface area (Å²) in [5.41, 5.74) is 2.08. The average molecular weight is 357 g/mol. The number of carbonyl (C=O) groups is 2. The molecular formula is C20H23NO5. The van der Waals surface area contributed by atoms with Crippen LogP contribution in [0.4, 0.5) is 0 Å². The highest BCUT2D eigenvalue weighted by Gasteiger charge is 2.11. The highest BCUT2D eigenvalue weighted by molar-refractivity contribution is 5.87. The summed E-state index contributed by atoms with van der Waals surface area (Å²) >= 11 is 0. The third-order valence-electron chi connectivity index (χ3n) is 4.09. The van der Waals surface area contributed by atoms with Crippen molar-refractivity contribution < 1.29 is 24.2 Å². The van der Waals surface area contributed by atoms with Crippen LogP contribution in [0.2, 0.25) is 0 Å². The Morgan fingerprint density at radius 2 is 1.54 bits per heavy atom. The largest absolute Gasteiger partial charge is 0.497 e. The van der Waals surface area contributed by atoms with Crippen LogP contribution in [0.1, 0.15) is 27.9 Å². The molecule has 1 amide bonds. The van der Waals surface area contributed by atoms with Crippen molar-refractivity contribution in [2.24, 2.45) is 0 Å². The summed E-state index contributed by atoms with van der Waals surface area (Å²) in [4.78, 5) is 24.9. The zero-order valence-electron chi connectivity index (χ0n) is 15.2. The van der Waals surface area contributed by atoms with Crippen molar-refractivity contribution >= 4 is 11.9 Å². The first-order chi connectivity index (χ1) is 12.4. The number of carboxylic acids is 1. The third-order valence-corrected chi connectivity index (χ3v) is 4.09. The molecule has 0 saturated heterocycles. The lowest BCUT2D eigenvalue weighted by molar-refractivity contribution is -0.130. The van der Waals surface area contributed by atoms with Crippen molar-refractivity contribution in [3.63, 3.8) is 0 Å². The van der Waals surface area contributed by atoms with Crippen molar-refractivity contribution in [3.8, 4) is 11.5 Å². The molecule has 2 aromatic rings. The number of aromatic carboxylic acids is 1. The standard InChI is InChI=1S/C20H23NO5/c1-21(13-14-4-7-16(8-5-14)20(23)24)19(22)9-6-15-10-17(25-2)12-18(11-15)26-3/h4-5,7-8,10-12H,6,9,13H2,1-3H3,(H,23,24). The second-order valence-electron chi connectivity index (χ2n) is 5.97. The lowest BCUT2D eigenvalue weighted by atomic mass is 10.1. The van der Waals surface area contributed by atoms with E-state index in [4.69, 9.17) is 14.6 Å². The first-order valence-corrected chi connectivity index (χ1v) is 8.21. The lowest BCUT2D eigenvalue weighted by Crippen LogP contribution is -2.26. The molecule has 0 aliphatic rings. The van der Waals surface area contributed by atoms with Crippen LogP contribution in [0.3, 0.4) is 0 Å². The van der Waals surface area contributed by atoms with E-state index >= 15 is 0 Å². The molecule has 6 heteroatoms. The zero-order valence-corrected chi connectivity index (χ0v) is 15.2. The normalized spacial score (nSPS) is 10.3. The van der Waals surface area contributed by atoms with Crippen LogP contribution < -0.4 is 9.47 Å². The van der Waals surface area contributed by atoms with E-state index in [1.807, 2.05) is 12.1 Å². The van der Waals surface area contributed by atoms with E-state index in [1.54, 1.807) is 56.5 Å². The summed E-state index contributed by atoms with van der Waals surface area (Å²) < 4.78 is 10.5. The number of hydrogen-bond acceptors (Lipinski definition) is 4. The number of aryl methyl sites for hydroxylation is 1. The van der Waals surface area contributed by atoms with Crippen LogP contribution in [0, 0.1) is 0 Å². The number of ether oxygens (including phenoxy) is 2. The molecule has 0 bridgehead atoms. The maximum absolute atomic E-state index is 12.4. The van der Waals surface area contributed by atoms with Gasteiger partial charge in [0.15, 0.2) is 0 Å². The molecule has 0 fully saturated rings. The molecule has 0 spiro atoms. The molecule has 2 aromatic carbocycles. The van der Waals surface area contributed by atoms with Crippen molar-refractivity contribution in [3.05, 3.63) is 59.2 Å². The number of benzene rings is 2. The van der Waals surface area contributed by atoms with Crippen molar-refractivity contribution in [1.82, 2.24) is 4.90 Å². The Labute approximate surface area is 153 Å². The molecule has 0 aliphatic heterocycles. The topological polar surface area (TPSA) is 76.1 Å². The van der Waals surface area contributed by atoms with Crippen LogP contribution in [-0.2, 0) is 17.8 Å². The highest BCUT2D eigenvalue weighted by Crippen LogP contribution is 2.23. The predicted octanol–water partition coefficient (Wildman–Crippen LogP) is 2.99. The van der Waals surface area contributed by atoms with Gasteiger partial charge in [-0.2, -0.15) is 0 Å². The van der Waals surface area contributed by atoms with Gasteiger partial charge in [0.1, 0.15) is 11.5 Å². The van der Waals surface area contributed by atoms with Gasteiger partial charge in [0.05, 0.1) is 19.8 Å². The van der Waals surface area contributed by atoms with Crippen molar-refractivity contribution in [1.29, 1.82) is 0 Å². The first kappa shape index (κ1) is 19.3. The SMILES string of the molecule is COc1cc(CCC(=O)N(C)Cc2ccc(C(=O)O)cc2)cc(OC)c1. The van der Waals surface area contributed by atoms with E-state index < -0.39 is 5.97 Å². The van der Waals surface area contributed by atoms with E-state index in [9.17, 15) is 9.59 Å². The number of amides is 1. The molecular weight excluding hydrogens is 334 g/mol. The molecule has 2 rings (SSSR count). The smallest absolute Gasteiger partial charge is 0.335 e. The molecule has 0 aliphatic carbocycles. The summed E-state index contributed by atoms with van der Waals surface area (Å²) in [6.07, 6.45) is 0.939. The molecule has 26 heavy (non-hydrogen) atoms. The van der Waals surface area contributed by atoms with Crippen LogP contribution >= 0.6 is 0 Å². The third kappa shape index (κ3) is 5.24. The Hall–Kier alpha value is -3.02. The van der Waals surface area contributed by atoms with E-state index in [2.05, 4.69) is 0 Å².